The first kappa shape index (κ1) is 18.9. The molecule has 0 saturated carbocycles. The second-order valence-corrected chi connectivity index (χ2v) is 7.18. The zero-order chi connectivity index (χ0) is 16.9. The number of hydrogen-bond acceptors (Lipinski definition) is 3. The van der Waals surface area contributed by atoms with E-state index < -0.39 is 5.91 Å². The van der Waals surface area contributed by atoms with Crippen molar-refractivity contribution in [3.8, 4) is 0 Å². The van der Waals surface area contributed by atoms with Gasteiger partial charge in [0.15, 0.2) is 0 Å². The number of rotatable bonds is 5. The van der Waals surface area contributed by atoms with E-state index >= 15 is 0 Å². The summed E-state index contributed by atoms with van der Waals surface area (Å²) in [5, 5.41) is 3.47. The number of anilines is 1. The van der Waals surface area contributed by atoms with Gasteiger partial charge < -0.3 is 5.32 Å². The van der Waals surface area contributed by atoms with Crippen molar-refractivity contribution in [2.75, 3.05) is 12.0 Å². The van der Waals surface area contributed by atoms with Crippen LogP contribution in [0.2, 0.25) is 15.1 Å². The van der Waals surface area contributed by atoms with Crippen molar-refractivity contribution in [2.45, 2.75) is 27.2 Å². The highest BCUT2D eigenvalue weighted by Gasteiger charge is 2.16. The van der Waals surface area contributed by atoms with Gasteiger partial charge in [0.2, 0.25) is 5.91 Å². The third kappa shape index (κ3) is 6.73. The van der Waals surface area contributed by atoms with Crippen LogP contribution >= 0.6 is 34.8 Å². The van der Waals surface area contributed by atoms with Gasteiger partial charge in [-0.1, -0.05) is 55.6 Å². The molecular weight excluding hydrogens is 349 g/mol. The Hall–Kier alpha value is -1.17. The highest BCUT2D eigenvalue weighted by atomic mass is 35.5. The van der Waals surface area contributed by atoms with E-state index in [0.29, 0.717) is 17.1 Å². The molecule has 1 rings (SSSR count). The lowest BCUT2D eigenvalue weighted by atomic mass is 9.92. The first-order valence-electron chi connectivity index (χ1n) is 6.54. The van der Waals surface area contributed by atoms with E-state index in [4.69, 9.17) is 34.8 Å². The van der Waals surface area contributed by atoms with Crippen LogP contribution < -0.4 is 16.2 Å². The van der Waals surface area contributed by atoms with E-state index in [9.17, 15) is 9.59 Å². The maximum absolute atomic E-state index is 11.7. The maximum Gasteiger partial charge on any atom is 0.257 e. The van der Waals surface area contributed by atoms with Crippen LogP contribution in [0.5, 0.6) is 0 Å². The summed E-state index contributed by atoms with van der Waals surface area (Å²) < 4.78 is 0. The molecule has 0 aliphatic rings. The van der Waals surface area contributed by atoms with Crippen LogP contribution in [0.3, 0.4) is 0 Å². The smallest absolute Gasteiger partial charge is 0.257 e. The highest BCUT2D eigenvalue weighted by molar-refractivity contribution is 6.41. The molecule has 0 fully saturated rings. The predicted molar refractivity (Wildman–Crippen MR) is 90.3 cm³/mol. The number of carbonyl (C=O) groups is 2. The lowest BCUT2D eigenvalue weighted by molar-refractivity contribution is -0.126. The normalized spacial score (nSPS) is 11.0. The molecule has 0 aliphatic carbocycles. The van der Waals surface area contributed by atoms with Gasteiger partial charge in [-0.05, 0) is 17.5 Å². The molecule has 5 nitrogen and oxygen atoms in total. The molecule has 1 aromatic carbocycles. The average molecular weight is 367 g/mol. The Bertz CT molecular complexity index is 548. The quantitative estimate of drug-likeness (QED) is 0.697. The molecule has 2 amide bonds. The van der Waals surface area contributed by atoms with Crippen molar-refractivity contribution in [1.29, 1.82) is 0 Å². The Balaban J connectivity index is 2.46. The van der Waals surface area contributed by atoms with Crippen LogP contribution in [0.25, 0.3) is 0 Å². The molecule has 0 saturated heterocycles. The summed E-state index contributed by atoms with van der Waals surface area (Å²) in [6.07, 6.45) is 0.336. The Morgan fingerprint density at radius 3 is 2.09 bits per heavy atom. The lowest BCUT2D eigenvalue weighted by Crippen LogP contribution is -2.40. The van der Waals surface area contributed by atoms with Gasteiger partial charge in [0.1, 0.15) is 0 Å². The monoisotopic (exact) mass is 365 g/mol. The predicted octanol–water partition coefficient (Wildman–Crippen LogP) is 3.64. The molecule has 8 heteroatoms. The molecule has 0 unspecified atom stereocenters. The summed E-state index contributed by atoms with van der Waals surface area (Å²) in [7, 11) is 0. The van der Waals surface area contributed by atoms with Gasteiger partial charge in [-0.3, -0.25) is 20.4 Å². The van der Waals surface area contributed by atoms with Crippen molar-refractivity contribution in [2.24, 2.45) is 5.41 Å². The number of carbonyl (C=O) groups excluding carboxylic acids is 2. The molecule has 22 heavy (non-hydrogen) atoms. The number of benzene rings is 1. The van der Waals surface area contributed by atoms with Gasteiger partial charge >= 0.3 is 0 Å². The maximum atomic E-state index is 11.7. The Morgan fingerprint density at radius 2 is 1.59 bits per heavy atom. The Kier molecular flexibility index (Phi) is 6.78. The Labute approximate surface area is 144 Å². The van der Waals surface area contributed by atoms with Gasteiger partial charge in [0, 0.05) is 11.4 Å². The second-order valence-electron chi connectivity index (χ2n) is 5.93. The topological polar surface area (TPSA) is 70.2 Å². The molecule has 0 radical (unpaired) electrons. The molecule has 122 valence electrons. The zero-order valence-electron chi connectivity index (χ0n) is 12.5. The summed E-state index contributed by atoms with van der Waals surface area (Å²) >= 11 is 17.7. The largest absolute Gasteiger partial charge is 0.347 e. The van der Waals surface area contributed by atoms with Crippen LogP contribution in [0.15, 0.2) is 12.1 Å². The van der Waals surface area contributed by atoms with Crippen molar-refractivity contribution in [3.05, 3.63) is 27.2 Å². The standard InChI is InChI=1S/C14H18Cl3N3O2/c1-14(2,3)6-11(21)18-7-12(22)19-20-13-9(16)4-8(15)5-10(13)17/h4-5,20H,6-7H2,1-3H3,(H,18,21)(H,19,22). The number of halogens is 3. The highest BCUT2D eigenvalue weighted by Crippen LogP contribution is 2.32. The molecule has 0 heterocycles. The van der Waals surface area contributed by atoms with Crippen LogP contribution in [0.1, 0.15) is 27.2 Å². The molecular formula is C14H18Cl3N3O2. The fourth-order valence-electron chi connectivity index (χ4n) is 1.56. The molecule has 0 spiro atoms. The van der Waals surface area contributed by atoms with E-state index in [2.05, 4.69) is 16.2 Å². The molecule has 0 aliphatic heterocycles. The van der Waals surface area contributed by atoms with Crippen molar-refractivity contribution >= 4 is 52.3 Å². The van der Waals surface area contributed by atoms with Crippen molar-refractivity contribution in [3.63, 3.8) is 0 Å². The van der Waals surface area contributed by atoms with Crippen molar-refractivity contribution < 1.29 is 9.59 Å². The summed E-state index contributed by atoms with van der Waals surface area (Å²) in [5.74, 6) is -0.616. The number of hydrogen-bond donors (Lipinski definition) is 3. The number of hydrazine groups is 1. The van der Waals surface area contributed by atoms with Crippen molar-refractivity contribution in [1.82, 2.24) is 10.7 Å². The molecule has 3 N–H and O–H groups in total. The third-order valence-electron chi connectivity index (χ3n) is 2.47. The lowest BCUT2D eigenvalue weighted by Gasteiger charge is -2.17. The van der Waals surface area contributed by atoms with E-state index in [1.807, 2.05) is 20.8 Å². The minimum Gasteiger partial charge on any atom is -0.347 e. The molecule has 0 bridgehead atoms. The minimum atomic E-state index is -0.427. The van der Waals surface area contributed by atoms with E-state index in [1.165, 1.54) is 12.1 Å². The average Bonchev–Trinajstić information content (AvgIpc) is 2.32. The second kappa shape index (κ2) is 7.90. The van der Waals surface area contributed by atoms with Gasteiger partial charge in [0.25, 0.3) is 5.91 Å². The fourth-order valence-corrected chi connectivity index (χ4v) is 2.47. The van der Waals surface area contributed by atoms with Crippen LogP contribution in [0, 0.1) is 5.41 Å². The van der Waals surface area contributed by atoms with E-state index in [0.717, 1.165) is 0 Å². The first-order chi connectivity index (χ1) is 10.1. The first-order valence-corrected chi connectivity index (χ1v) is 7.68. The number of nitrogens with one attached hydrogen (secondary N) is 3. The summed E-state index contributed by atoms with van der Waals surface area (Å²) in [6, 6.07) is 2.99. The van der Waals surface area contributed by atoms with Gasteiger partial charge in [0.05, 0.1) is 22.3 Å². The van der Waals surface area contributed by atoms with E-state index in [-0.39, 0.29) is 27.9 Å². The van der Waals surface area contributed by atoms with Crippen LogP contribution in [-0.4, -0.2) is 18.4 Å². The number of amides is 2. The molecule has 1 aromatic rings. The third-order valence-corrected chi connectivity index (χ3v) is 3.29. The summed E-state index contributed by atoms with van der Waals surface area (Å²) in [5.41, 5.74) is 5.21. The van der Waals surface area contributed by atoms with Gasteiger partial charge in [-0.25, -0.2) is 0 Å². The van der Waals surface area contributed by atoms with Crippen LogP contribution in [-0.2, 0) is 9.59 Å². The molecule has 0 aromatic heterocycles. The van der Waals surface area contributed by atoms with Gasteiger partial charge in [-0.2, -0.15) is 0 Å². The summed E-state index contributed by atoms with van der Waals surface area (Å²) in [4.78, 5) is 23.3. The van der Waals surface area contributed by atoms with E-state index in [1.54, 1.807) is 0 Å². The fraction of sp³-hybridized carbons (Fsp3) is 0.429. The minimum absolute atomic E-state index is 0.136. The van der Waals surface area contributed by atoms with Crippen LogP contribution in [0.4, 0.5) is 5.69 Å². The van der Waals surface area contributed by atoms with Gasteiger partial charge in [-0.15, -0.1) is 0 Å². The molecule has 0 atom stereocenters. The summed E-state index contributed by atoms with van der Waals surface area (Å²) in [6.45, 7) is 5.68. The SMILES string of the molecule is CC(C)(C)CC(=O)NCC(=O)NNc1c(Cl)cc(Cl)cc1Cl. The Morgan fingerprint density at radius 1 is 1.05 bits per heavy atom. The zero-order valence-corrected chi connectivity index (χ0v) is 14.8.